The van der Waals surface area contributed by atoms with Crippen LogP contribution in [0.15, 0.2) is 54.6 Å². The fourth-order valence-corrected chi connectivity index (χ4v) is 5.47. The molecular weight excluding hydrogens is 429 g/mol. The molecule has 0 spiro atoms. The van der Waals surface area contributed by atoms with E-state index in [1.165, 1.54) is 31.4 Å². The Labute approximate surface area is 199 Å². The molecule has 5 nitrogen and oxygen atoms in total. The number of para-hydroxylation sites is 1. The van der Waals surface area contributed by atoms with Gasteiger partial charge >= 0.3 is 0 Å². The van der Waals surface area contributed by atoms with E-state index < -0.39 is 5.54 Å². The standard InChI is InChI=1S/C28H32FN3O2/c1-28(27(34)30-23-10-5-3-2-4-6-11-23)19-31-24-12-8-7-9-21(24)17-25(31)26(33)32(28)18-20-13-15-22(29)16-14-20/h7-9,12-17,23H,2-6,10-11,18-19H2,1H3,(H,30,34)/t28-/m1/s1. The van der Waals surface area contributed by atoms with Crippen LogP contribution in [0.25, 0.3) is 10.9 Å². The van der Waals surface area contributed by atoms with Crippen LogP contribution in [-0.4, -0.2) is 32.9 Å². The van der Waals surface area contributed by atoms with Gasteiger partial charge in [0.1, 0.15) is 17.1 Å². The second kappa shape index (κ2) is 9.24. The number of hydrogen-bond acceptors (Lipinski definition) is 2. The van der Waals surface area contributed by atoms with Gasteiger partial charge in [0.2, 0.25) is 5.91 Å². The third-order valence-corrected chi connectivity index (χ3v) is 7.52. The number of carbonyl (C=O) groups excluding carboxylic acids is 2. The van der Waals surface area contributed by atoms with Crippen LogP contribution in [0.2, 0.25) is 0 Å². The van der Waals surface area contributed by atoms with E-state index in [9.17, 15) is 14.0 Å². The Hall–Kier alpha value is -3.15. The van der Waals surface area contributed by atoms with Gasteiger partial charge in [0.05, 0.1) is 6.54 Å². The number of hydrogen-bond donors (Lipinski definition) is 1. The van der Waals surface area contributed by atoms with Gasteiger partial charge in [-0.05, 0) is 49.6 Å². The molecule has 1 aliphatic carbocycles. The molecule has 1 aromatic heterocycles. The van der Waals surface area contributed by atoms with E-state index in [-0.39, 0.29) is 30.2 Å². The van der Waals surface area contributed by atoms with Gasteiger partial charge < -0.3 is 14.8 Å². The first kappa shape index (κ1) is 22.6. The lowest BCUT2D eigenvalue weighted by Gasteiger charge is -2.44. The number of rotatable bonds is 4. The highest BCUT2D eigenvalue weighted by Crippen LogP contribution is 2.34. The van der Waals surface area contributed by atoms with Crippen molar-refractivity contribution in [2.75, 3.05) is 0 Å². The van der Waals surface area contributed by atoms with E-state index in [1.54, 1.807) is 17.0 Å². The van der Waals surface area contributed by atoms with E-state index in [4.69, 9.17) is 0 Å². The average molecular weight is 462 g/mol. The lowest BCUT2D eigenvalue weighted by atomic mass is 9.91. The Kier molecular flexibility index (Phi) is 6.15. The predicted octanol–water partition coefficient (Wildman–Crippen LogP) is 5.42. The number of nitrogens with one attached hydrogen (secondary N) is 1. The van der Waals surface area contributed by atoms with Gasteiger partial charge in [-0.1, -0.05) is 62.4 Å². The van der Waals surface area contributed by atoms with Crippen molar-refractivity contribution in [1.29, 1.82) is 0 Å². The van der Waals surface area contributed by atoms with Gasteiger partial charge in [0.15, 0.2) is 0 Å². The highest BCUT2D eigenvalue weighted by molar-refractivity contribution is 6.03. The molecular formula is C28H32FN3O2. The van der Waals surface area contributed by atoms with E-state index in [1.807, 2.05) is 41.8 Å². The molecule has 0 bridgehead atoms. The molecule has 34 heavy (non-hydrogen) atoms. The lowest BCUT2D eigenvalue weighted by Crippen LogP contribution is -2.64. The Morgan fingerprint density at radius 2 is 1.71 bits per heavy atom. The van der Waals surface area contributed by atoms with Gasteiger partial charge in [0, 0.05) is 23.5 Å². The molecule has 2 amide bonds. The molecule has 1 aliphatic heterocycles. The summed E-state index contributed by atoms with van der Waals surface area (Å²) >= 11 is 0. The molecule has 1 N–H and O–H groups in total. The van der Waals surface area contributed by atoms with Crippen LogP contribution in [0.1, 0.15) is 67.9 Å². The van der Waals surface area contributed by atoms with Gasteiger partial charge in [0.25, 0.3) is 5.91 Å². The summed E-state index contributed by atoms with van der Waals surface area (Å²) in [5.41, 5.74) is 1.27. The van der Waals surface area contributed by atoms with Gasteiger partial charge in [-0.25, -0.2) is 4.39 Å². The van der Waals surface area contributed by atoms with Crippen molar-refractivity contribution in [2.24, 2.45) is 0 Å². The number of nitrogens with zero attached hydrogens (tertiary/aromatic N) is 2. The van der Waals surface area contributed by atoms with E-state index in [2.05, 4.69) is 5.32 Å². The summed E-state index contributed by atoms with van der Waals surface area (Å²) in [6.45, 7) is 2.49. The number of fused-ring (bicyclic) bond motifs is 3. The smallest absolute Gasteiger partial charge is 0.271 e. The van der Waals surface area contributed by atoms with Crippen LogP contribution in [0.5, 0.6) is 0 Å². The van der Waals surface area contributed by atoms with E-state index >= 15 is 0 Å². The van der Waals surface area contributed by atoms with Crippen molar-refractivity contribution in [3.05, 3.63) is 71.7 Å². The first-order chi connectivity index (χ1) is 16.5. The summed E-state index contributed by atoms with van der Waals surface area (Å²) in [6, 6.07) is 16.1. The van der Waals surface area contributed by atoms with Gasteiger partial charge in [-0.15, -0.1) is 0 Å². The van der Waals surface area contributed by atoms with Gasteiger partial charge in [-0.3, -0.25) is 9.59 Å². The molecule has 1 fully saturated rings. The third-order valence-electron chi connectivity index (χ3n) is 7.52. The molecule has 2 aliphatic rings. The van der Waals surface area contributed by atoms with Crippen molar-refractivity contribution in [3.8, 4) is 0 Å². The SMILES string of the molecule is C[C@]1(C(=O)NC2CCCCCCC2)Cn2c(cc3ccccc32)C(=O)N1Cc1ccc(F)cc1. The highest BCUT2D eigenvalue weighted by atomic mass is 19.1. The maximum atomic E-state index is 13.9. The molecule has 5 rings (SSSR count). The Morgan fingerprint density at radius 1 is 1.03 bits per heavy atom. The lowest BCUT2D eigenvalue weighted by molar-refractivity contribution is -0.134. The zero-order valence-electron chi connectivity index (χ0n) is 19.7. The molecule has 178 valence electrons. The zero-order valence-corrected chi connectivity index (χ0v) is 19.7. The summed E-state index contributed by atoms with van der Waals surface area (Å²) in [7, 11) is 0. The third kappa shape index (κ3) is 4.22. The summed E-state index contributed by atoms with van der Waals surface area (Å²) in [4.78, 5) is 29.4. The summed E-state index contributed by atoms with van der Waals surface area (Å²) in [5.74, 6) is -0.613. The molecule has 2 heterocycles. The van der Waals surface area contributed by atoms with Crippen molar-refractivity contribution in [2.45, 2.75) is 76.5 Å². The largest absolute Gasteiger partial charge is 0.351 e. The number of benzene rings is 2. The Morgan fingerprint density at radius 3 is 2.44 bits per heavy atom. The average Bonchev–Trinajstić information content (AvgIpc) is 3.18. The van der Waals surface area contributed by atoms with Crippen molar-refractivity contribution in [3.63, 3.8) is 0 Å². The molecule has 1 atom stereocenters. The van der Waals surface area contributed by atoms with Crippen LogP contribution in [-0.2, 0) is 17.9 Å². The molecule has 2 aromatic carbocycles. The minimum Gasteiger partial charge on any atom is -0.351 e. The monoisotopic (exact) mass is 461 g/mol. The fraction of sp³-hybridized carbons (Fsp3) is 0.429. The Bertz CT molecular complexity index is 1190. The number of halogens is 1. The van der Waals surface area contributed by atoms with E-state index in [0.717, 1.165) is 42.1 Å². The Balaban J connectivity index is 1.51. The van der Waals surface area contributed by atoms with Crippen LogP contribution in [0, 0.1) is 5.82 Å². The topological polar surface area (TPSA) is 54.3 Å². The van der Waals surface area contributed by atoms with Crippen LogP contribution in [0.3, 0.4) is 0 Å². The summed E-state index contributed by atoms with van der Waals surface area (Å²) in [5, 5.41) is 4.29. The minimum atomic E-state index is -1.07. The number of carbonyl (C=O) groups is 2. The number of aromatic nitrogens is 1. The summed E-state index contributed by atoms with van der Waals surface area (Å²) < 4.78 is 15.5. The first-order valence-corrected chi connectivity index (χ1v) is 12.4. The number of amides is 2. The van der Waals surface area contributed by atoms with Crippen molar-refractivity contribution < 1.29 is 14.0 Å². The highest BCUT2D eigenvalue weighted by Gasteiger charge is 2.48. The molecule has 0 radical (unpaired) electrons. The predicted molar refractivity (Wildman–Crippen MR) is 131 cm³/mol. The molecule has 0 unspecified atom stereocenters. The van der Waals surface area contributed by atoms with Crippen LogP contribution in [0.4, 0.5) is 4.39 Å². The second-order valence-corrected chi connectivity index (χ2v) is 9.98. The van der Waals surface area contributed by atoms with Crippen molar-refractivity contribution in [1.82, 2.24) is 14.8 Å². The normalized spacial score (nSPS) is 21.7. The molecule has 0 saturated heterocycles. The first-order valence-electron chi connectivity index (χ1n) is 12.4. The van der Waals surface area contributed by atoms with Gasteiger partial charge in [-0.2, -0.15) is 0 Å². The van der Waals surface area contributed by atoms with E-state index in [0.29, 0.717) is 12.2 Å². The molecule has 1 saturated carbocycles. The maximum Gasteiger partial charge on any atom is 0.271 e. The van der Waals surface area contributed by atoms with Crippen LogP contribution < -0.4 is 5.32 Å². The fourth-order valence-electron chi connectivity index (χ4n) is 5.47. The second-order valence-electron chi connectivity index (χ2n) is 9.98. The van der Waals surface area contributed by atoms with Crippen LogP contribution >= 0.6 is 0 Å². The maximum absolute atomic E-state index is 13.9. The van der Waals surface area contributed by atoms with Crippen molar-refractivity contribution >= 4 is 22.7 Å². The minimum absolute atomic E-state index is 0.114. The zero-order chi connectivity index (χ0) is 23.7. The molecule has 6 heteroatoms. The molecule has 3 aromatic rings. The summed E-state index contributed by atoms with van der Waals surface area (Å²) in [6.07, 6.45) is 7.87. The quantitative estimate of drug-likeness (QED) is 0.564.